The predicted octanol–water partition coefficient (Wildman–Crippen LogP) is 5.77. The SMILES string of the molecule is CCCCCCCCCCC1N(C)C=CN1c1ccccc1. The third-order valence-electron chi connectivity index (χ3n) is 4.62. The molecule has 122 valence electrons. The Hall–Kier alpha value is -1.44. The lowest BCUT2D eigenvalue weighted by Gasteiger charge is -2.30. The quantitative estimate of drug-likeness (QED) is 0.506. The van der Waals surface area contributed by atoms with Crippen LogP contribution in [0.2, 0.25) is 0 Å². The van der Waals surface area contributed by atoms with Crippen molar-refractivity contribution in [3.8, 4) is 0 Å². The highest BCUT2D eigenvalue weighted by Gasteiger charge is 2.23. The fourth-order valence-electron chi connectivity index (χ4n) is 3.23. The maximum absolute atomic E-state index is 2.40. The summed E-state index contributed by atoms with van der Waals surface area (Å²) < 4.78 is 0. The van der Waals surface area contributed by atoms with Crippen molar-refractivity contribution >= 4 is 5.69 Å². The molecular weight excluding hydrogens is 268 g/mol. The van der Waals surface area contributed by atoms with E-state index in [9.17, 15) is 0 Å². The zero-order valence-electron chi connectivity index (χ0n) is 14.4. The van der Waals surface area contributed by atoms with Crippen LogP contribution in [0.15, 0.2) is 42.7 Å². The molecule has 1 aliphatic heterocycles. The summed E-state index contributed by atoms with van der Waals surface area (Å²) in [4.78, 5) is 4.75. The molecule has 1 aliphatic rings. The van der Waals surface area contributed by atoms with Crippen LogP contribution < -0.4 is 4.90 Å². The van der Waals surface area contributed by atoms with Gasteiger partial charge in [0.05, 0.1) is 0 Å². The molecule has 0 bridgehead atoms. The van der Waals surface area contributed by atoms with E-state index in [1.165, 1.54) is 63.5 Å². The maximum Gasteiger partial charge on any atom is 0.105 e. The predicted molar refractivity (Wildman–Crippen MR) is 96.8 cm³/mol. The maximum atomic E-state index is 2.40. The summed E-state index contributed by atoms with van der Waals surface area (Å²) in [6.45, 7) is 2.28. The Kier molecular flexibility index (Phi) is 7.35. The first-order chi connectivity index (χ1) is 10.8. The Morgan fingerprint density at radius 3 is 2.14 bits per heavy atom. The molecule has 1 aromatic rings. The van der Waals surface area contributed by atoms with Crippen LogP contribution >= 0.6 is 0 Å². The van der Waals surface area contributed by atoms with Crippen LogP contribution in [0.1, 0.15) is 64.7 Å². The lowest BCUT2D eigenvalue weighted by atomic mass is 10.1. The monoisotopic (exact) mass is 300 g/mol. The summed E-state index contributed by atoms with van der Waals surface area (Å²) in [7, 11) is 2.19. The van der Waals surface area contributed by atoms with Gasteiger partial charge in [-0.2, -0.15) is 0 Å². The molecule has 0 aromatic heterocycles. The lowest BCUT2D eigenvalue weighted by Crippen LogP contribution is -2.36. The van der Waals surface area contributed by atoms with E-state index < -0.39 is 0 Å². The van der Waals surface area contributed by atoms with Crippen LogP contribution in [0, 0.1) is 0 Å². The zero-order valence-corrected chi connectivity index (χ0v) is 14.4. The molecule has 0 spiro atoms. The Balaban J connectivity index is 1.68. The summed E-state index contributed by atoms with van der Waals surface area (Å²) in [5.74, 6) is 0. The molecule has 1 atom stereocenters. The van der Waals surface area contributed by atoms with E-state index >= 15 is 0 Å². The largest absolute Gasteiger partial charge is 0.359 e. The standard InChI is InChI=1S/C20H32N2/c1-3-4-5-6-7-8-9-13-16-20-21(2)17-18-22(20)19-14-11-10-12-15-19/h10-12,14-15,17-18,20H,3-9,13,16H2,1-2H3. The summed E-state index contributed by atoms with van der Waals surface area (Å²) in [6.07, 6.45) is 17.3. The van der Waals surface area contributed by atoms with Crippen LogP contribution in [0.5, 0.6) is 0 Å². The lowest BCUT2D eigenvalue weighted by molar-refractivity contribution is 0.329. The minimum absolute atomic E-state index is 0.488. The van der Waals surface area contributed by atoms with E-state index in [0.717, 1.165) is 0 Å². The van der Waals surface area contributed by atoms with Gasteiger partial charge in [0.15, 0.2) is 0 Å². The minimum atomic E-state index is 0.488. The molecule has 1 heterocycles. The van der Waals surface area contributed by atoms with Crippen molar-refractivity contribution in [2.75, 3.05) is 11.9 Å². The Bertz CT molecular complexity index is 427. The van der Waals surface area contributed by atoms with Crippen molar-refractivity contribution in [1.82, 2.24) is 4.90 Å². The van der Waals surface area contributed by atoms with Gasteiger partial charge in [0.1, 0.15) is 6.17 Å². The van der Waals surface area contributed by atoms with E-state index in [1.807, 2.05) is 0 Å². The second kappa shape index (κ2) is 9.55. The summed E-state index contributed by atoms with van der Waals surface area (Å²) in [5.41, 5.74) is 1.30. The molecular formula is C20H32N2. The van der Waals surface area contributed by atoms with Crippen LogP contribution in [-0.2, 0) is 0 Å². The minimum Gasteiger partial charge on any atom is -0.359 e. The third-order valence-corrected chi connectivity index (χ3v) is 4.62. The average Bonchev–Trinajstić information content (AvgIpc) is 2.92. The number of para-hydroxylation sites is 1. The molecule has 0 fully saturated rings. The van der Waals surface area contributed by atoms with Crippen LogP contribution in [-0.4, -0.2) is 18.1 Å². The van der Waals surface area contributed by atoms with Crippen molar-refractivity contribution in [2.24, 2.45) is 0 Å². The zero-order chi connectivity index (χ0) is 15.6. The van der Waals surface area contributed by atoms with Gasteiger partial charge in [-0.15, -0.1) is 0 Å². The number of hydrogen-bond donors (Lipinski definition) is 0. The molecule has 2 rings (SSSR count). The highest BCUT2D eigenvalue weighted by molar-refractivity contribution is 5.51. The Morgan fingerprint density at radius 1 is 0.818 bits per heavy atom. The first-order valence-electron chi connectivity index (χ1n) is 9.06. The van der Waals surface area contributed by atoms with E-state index in [2.05, 4.69) is 66.5 Å². The van der Waals surface area contributed by atoms with Gasteiger partial charge in [0.25, 0.3) is 0 Å². The van der Waals surface area contributed by atoms with Crippen molar-refractivity contribution in [3.05, 3.63) is 42.7 Å². The molecule has 0 amide bonds. The fraction of sp³-hybridized carbons (Fsp3) is 0.600. The summed E-state index contributed by atoms with van der Waals surface area (Å²) >= 11 is 0. The molecule has 0 saturated heterocycles. The fourth-order valence-corrected chi connectivity index (χ4v) is 3.23. The molecule has 0 saturated carbocycles. The number of rotatable bonds is 10. The van der Waals surface area contributed by atoms with Crippen molar-refractivity contribution in [2.45, 2.75) is 70.9 Å². The first kappa shape index (κ1) is 16.9. The van der Waals surface area contributed by atoms with Gasteiger partial charge in [0.2, 0.25) is 0 Å². The van der Waals surface area contributed by atoms with Crippen molar-refractivity contribution in [1.29, 1.82) is 0 Å². The second-order valence-electron chi connectivity index (χ2n) is 6.45. The molecule has 2 nitrogen and oxygen atoms in total. The smallest absolute Gasteiger partial charge is 0.105 e. The number of benzene rings is 1. The topological polar surface area (TPSA) is 6.48 Å². The van der Waals surface area contributed by atoms with Gasteiger partial charge in [0, 0.05) is 25.1 Å². The summed E-state index contributed by atoms with van der Waals surface area (Å²) in [5, 5.41) is 0. The summed E-state index contributed by atoms with van der Waals surface area (Å²) in [6, 6.07) is 10.7. The highest BCUT2D eigenvalue weighted by atomic mass is 15.4. The number of anilines is 1. The number of hydrogen-bond acceptors (Lipinski definition) is 2. The van der Waals surface area contributed by atoms with Gasteiger partial charge >= 0.3 is 0 Å². The Morgan fingerprint density at radius 2 is 1.45 bits per heavy atom. The molecule has 0 N–H and O–H groups in total. The first-order valence-corrected chi connectivity index (χ1v) is 9.06. The molecule has 0 radical (unpaired) electrons. The third kappa shape index (κ3) is 5.08. The number of unbranched alkanes of at least 4 members (excludes halogenated alkanes) is 7. The average molecular weight is 300 g/mol. The molecule has 22 heavy (non-hydrogen) atoms. The molecule has 1 aromatic carbocycles. The van der Waals surface area contributed by atoms with Crippen molar-refractivity contribution < 1.29 is 0 Å². The van der Waals surface area contributed by atoms with Crippen molar-refractivity contribution in [3.63, 3.8) is 0 Å². The second-order valence-corrected chi connectivity index (χ2v) is 6.45. The van der Waals surface area contributed by atoms with Crippen LogP contribution in [0.3, 0.4) is 0 Å². The van der Waals surface area contributed by atoms with E-state index in [1.54, 1.807) is 0 Å². The normalized spacial score (nSPS) is 17.5. The van der Waals surface area contributed by atoms with Gasteiger partial charge in [-0.3, -0.25) is 0 Å². The van der Waals surface area contributed by atoms with E-state index in [0.29, 0.717) is 6.17 Å². The van der Waals surface area contributed by atoms with E-state index in [4.69, 9.17) is 0 Å². The Labute approximate surface area is 136 Å². The number of nitrogens with zero attached hydrogens (tertiary/aromatic N) is 2. The van der Waals surface area contributed by atoms with Gasteiger partial charge in [-0.25, -0.2) is 0 Å². The van der Waals surface area contributed by atoms with Crippen LogP contribution in [0.4, 0.5) is 5.69 Å². The van der Waals surface area contributed by atoms with Crippen LogP contribution in [0.25, 0.3) is 0 Å². The molecule has 1 unspecified atom stereocenters. The van der Waals surface area contributed by atoms with Gasteiger partial charge in [-0.1, -0.05) is 70.1 Å². The highest BCUT2D eigenvalue weighted by Crippen LogP contribution is 2.26. The molecule has 0 aliphatic carbocycles. The van der Waals surface area contributed by atoms with E-state index in [-0.39, 0.29) is 0 Å². The molecule has 2 heteroatoms. The van der Waals surface area contributed by atoms with Gasteiger partial charge in [-0.05, 0) is 25.0 Å². The van der Waals surface area contributed by atoms with Gasteiger partial charge < -0.3 is 9.80 Å².